The molecule has 0 saturated carbocycles. The van der Waals surface area contributed by atoms with Gasteiger partial charge >= 0.3 is 188 Å². The number of halogens is 1. The molecule has 2 aromatic carbocycles. The van der Waals surface area contributed by atoms with E-state index in [2.05, 4.69) is 31.5 Å². The van der Waals surface area contributed by atoms with Gasteiger partial charge in [0.05, 0.1) is 0 Å². The van der Waals surface area contributed by atoms with Crippen LogP contribution >= 0.6 is 15.9 Å². The number of aromatic nitrogens is 4. The van der Waals surface area contributed by atoms with Gasteiger partial charge in [0, 0.05) is 0 Å². The summed E-state index contributed by atoms with van der Waals surface area (Å²) in [6.07, 6.45) is 9.26. The van der Waals surface area contributed by atoms with Crippen LogP contribution in [0.15, 0.2) is 60.7 Å². The Balaban J connectivity index is 1.33. The van der Waals surface area contributed by atoms with Gasteiger partial charge in [-0.1, -0.05) is 30.3 Å². The second kappa shape index (κ2) is 15.7. The minimum absolute atomic E-state index is 0.137. The summed E-state index contributed by atoms with van der Waals surface area (Å²) in [5.74, 6) is 0.0555. The molecule has 3 rings (SSSR count). The molecule has 2 N–H and O–H groups in total. The van der Waals surface area contributed by atoms with E-state index in [1.165, 1.54) is 12.8 Å². The van der Waals surface area contributed by atoms with Crippen LogP contribution in [0.3, 0.4) is 0 Å². The molecule has 7 nitrogen and oxygen atoms in total. The van der Waals surface area contributed by atoms with Gasteiger partial charge in [-0.3, -0.25) is 4.79 Å². The second-order valence-electron chi connectivity index (χ2n) is 8.95. The molecule has 0 aliphatic carbocycles. The van der Waals surface area contributed by atoms with Gasteiger partial charge in [-0.15, -0.1) is 0 Å². The summed E-state index contributed by atoms with van der Waals surface area (Å²) in [6, 6.07) is 19.4. The number of tetrazole rings is 1. The number of benzene rings is 2. The van der Waals surface area contributed by atoms with Crippen molar-refractivity contribution < 1.29 is 9.59 Å². The number of amides is 1. The van der Waals surface area contributed by atoms with E-state index in [0.29, 0.717) is 23.0 Å². The summed E-state index contributed by atoms with van der Waals surface area (Å²) < 4.78 is 3.13. The summed E-state index contributed by atoms with van der Waals surface area (Å²) in [5.41, 5.74) is 7.08. The van der Waals surface area contributed by atoms with Gasteiger partial charge in [0.1, 0.15) is 0 Å². The van der Waals surface area contributed by atoms with Gasteiger partial charge < -0.3 is 5.73 Å². The Labute approximate surface area is 227 Å². The maximum atomic E-state index is 12.6. The fourth-order valence-corrected chi connectivity index (χ4v) is 7.08. The Hall–Kier alpha value is -2.35. The monoisotopic (exact) mass is 619 g/mol. The molecule has 9 heteroatoms. The molecule has 1 heterocycles. The first kappa shape index (κ1) is 28.2. The van der Waals surface area contributed by atoms with Crippen molar-refractivity contribution in [2.75, 3.05) is 0 Å². The Kier molecular flexibility index (Phi) is 12.3. The molecule has 36 heavy (non-hydrogen) atoms. The molecule has 2 unspecified atom stereocenters. The van der Waals surface area contributed by atoms with Gasteiger partial charge in [-0.2, -0.15) is 0 Å². The van der Waals surface area contributed by atoms with E-state index in [-0.39, 0.29) is 32.6 Å². The van der Waals surface area contributed by atoms with Crippen LogP contribution in [-0.2, 0) is 4.79 Å². The number of rotatable bonds is 17. The van der Waals surface area contributed by atoms with Crippen LogP contribution in [0.5, 0.6) is 0 Å². The number of alkyl halides is 1. The Bertz CT molecular complexity index is 1060. The molecule has 3 aromatic rings. The summed E-state index contributed by atoms with van der Waals surface area (Å²) in [4.78, 5) is 23.9. The molecular formula is C27H34BrN5O2Se. The molecule has 2 atom stereocenters. The quantitative estimate of drug-likeness (QED) is 0.103. The van der Waals surface area contributed by atoms with Crippen LogP contribution < -0.4 is 10.5 Å². The molecule has 0 bridgehead atoms. The predicted octanol–water partition coefficient (Wildman–Crippen LogP) is 4.60. The van der Waals surface area contributed by atoms with E-state index < -0.39 is 0 Å². The number of nitrogens with zero attached hydrogens (tertiary/aromatic N) is 4. The van der Waals surface area contributed by atoms with Gasteiger partial charge in [0.2, 0.25) is 0 Å². The number of ketones is 1. The van der Waals surface area contributed by atoms with Crippen molar-refractivity contribution in [3.05, 3.63) is 66.2 Å². The average Bonchev–Trinajstić information content (AvgIpc) is 3.35. The van der Waals surface area contributed by atoms with E-state index in [4.69, 9.17) is 5.73 Å². The molecule has 1 amide bonds. The number of nitrogens with two attached hydrogens (primary N) is 1. The van der Waals surface area contributed by atoms with Crippen molar-refractivity contribution >= 4 is 47.3 Å². The first-order valence-corrected chi connectivity index (χ1v) is 15.3. The molecule has 1 aromatic heterocycles. The third-order valence-electron chi connectivity index (χ3n) is 6.09. The molecule has 0 radical (unpaired) electrons. The SMILES string of the molecule is NC(=O)CCC(CCCCCCCC(Br)[Se]c1nnnn1-c1ccccc1)CC(=O)c1ccccc1. The minimum atomic E-state index is -0.295. The number of unbranched alkanes of at least 4 members (excludes halogenated alkanes) is 4. The van der Waals surface area contributed by atoms with Crippen LogP contribution in [-0.4, -0.2) is 50.6 Å². The van der Waals surface area contributed by atoms with Gasteiger partial charge in [-0.25, -0.2) is 0 Å². The standard InChI is InChI=1S/C27H34BrN5O2Se/c28-25(36-27-30-31-32-33(27)23-15-9-5-10-16-23)17-11-3-1-2-6-12-21(18-19-26(29)35)20-24(34)22-13-7-4-8-14-22/h4-5,7-10,13-16,21,25H,1-3,6,11-12,17-20H2,(H2,29,35). The summed E-state index contributed by atoms with van der Waals surface area (Å²) >= 11 is 3.97. The molecular weight excluding hydrogens is 585 g/mol. The summed E-state index contributed by atoms with van der Waals surface area (Å²) in [5, 5.41) is 12.2. The number of Topliss-reactive ketones (excluding diaryl/α,β-unsaturated/α-hetero) is 1. The second-order valence-corrected chi connectivity index (χ2v) is 13.9. The number of carbonyl (C=O) groups is 2. The van der Waals surface area contributed by atoms with Crippen molar-refractivity contribution in [3.63, 3.8) is 0 Å². The third kappa shape index (κ3) is 9.95. The Morgan fingerprint density at radius 3 is 2.22 bits per heavy atom. The third-order valence-corrected chi connectivity index (χ3v) is 9.52. The fraction of sp³-hybridized carbons (Fsp3) is 0.444. The van der Waals surface area contributed by atoms with Gasteiger partial charge in [-0.05, 0) is 0 Å². The number of primary amides is 1. The van der Waals surface area contributed by atoms with Crippen LogP contribution in [0.1, 0.15) is 74.6 Å². The normalized spacial score (nSPS) is 12.8. The van der Waals surface area contributed by atoms with Crippen LogP contribution in [0, 0.1) is 5.92 Å². The molecule has 192 valence electrons. The average molecular weight is 619 g/mol. The zero-order valence-corrected chi connectivity index (χ0v) is 23.8. The van der Waals surface area contributed by atoms with E-state index in [1.54, 1.807) is 0 Å². The maximum absolute atomic E-state index is 12.6. The number of hydrogen-bond acceptors (Lipinski definition) is 5. The predicted molar refractivity (Wildman–Crippen MR) is 147 cm³/mol. The van der Waals surface area contributed by atoms with E-state index in [1.807, 2.05) is 65.3 Å². The van der Waals surface area contributed by atoms with Gasteiger partial charge in [0.15, 0.2) is 0 Å². The smallest absolute Gasteiger partial charge is 0.0622 e. The molecule has 0 aliphatic heterocycles. The molecule has 0 spiro atoms. The topological polar surface area (TPSA) is 104 Å². The Morgan fingerprint density at radius 2 is 1.53 bits per heavy atom. The van der Waals surface area contributed by atoms with E-state index in [0.717, 1.165) is 48.1 Å². The van der Waals surface area contributed by atoms with Crippen molar-refractivity contribution in [1.29, 1.82) is 0 Å². The minimum Gasteiger partial charge on any atom is -0.0622 e. The van der Waals surface area contributed by atoms with Crippen molar-refractivity contribution in [3.8, 4) is 5.69 Å². The van der Waals surface area contributed by atoms with Crippen LogP contribution in [0.25, 0.3) is 5.69 Å². The first-order chi connectivity index (χ1) is 17.5. The van der Waals surface area contributed by atoms with Crippen LogP contribution in [0.4, 0.5) is 0 Å². The number of carbonyl (C=O) groups excluding carboxylic acids is 2. The van der Waals surface area contributed by atoms with Crippen molar-refractivity contribution in [2.45, 2.75) is 67.9 Å². The van der Waals surface area contributed by atoms with Crippen LogP contribution in [0.2, 0.25) is 0 Å². The summed E-state index contributed by atoms with van der Waals surface area (Å²) in [7, 11) is 0. The zero-order chi connectivity index (χ0) is 25.6. The van der Waals surface area contributed by atoms with E-state index in [9.17, 15) is 9.59 Å². The Morgan fingerprint density at radius 1 is 0.889 bits per heavy atom. The van der Waals surface area contributed by atoms with Crippen molar-refractivity contribution in [2.24, 2.45) is 11.7 Å². The zero-order valence-electron chi connectivity index (χ0n) is 20.5. The summed E-state index contributed by atoms with van der Waals surface area (Å²) in [6.45, 7) is 0. The molecule has 0 saturated heterocycles. The fourth-order valence-electron chi connectivity index (χ4n) is 4.12. The van der Waals surface area contributed by atoms with Crippen molar-refractivity contribution in [1.82, 2.24) is 20.2 Å². The first-order valence-electron chi connectivity index (χ1n) is 12.5. The molecule has 0 fully saturated rings. The van der Waals surface area contributed by atoms with E-state index >= 15 is 0 Å². The molecule has 0 aliphatic rings. The number of hydrogen-bond donors (Lipinski definition) is 1. The number of para-hydroxylation sites is 1. The van der Waals surface area contributed by atoms with Gasteiger partial charge in [0.25, 0.3) is 0 Å².